The summed E-state index contributed by atoms with van der Waals surface area (Å²) in [4.78, 5) is 1.68. The lowest BCUT2D eigenvalue weighted by molar-refractivity contribution is 0.652. The smallest absolute Gasteiger partial charge is 0.00345 e. The Morgan fingerprint density at radius 3 is 2.41 bits per heavy atom. The molecule has 0 heterocycles. The van der Waals surface area contributed by atoms with Crippen LogP contribution in [0, 0.1) is 0 Å². The molecule has 0 spiro atoms. The third-order valence-electron chi connectivity index (χ3n) is 3.21. The molecule has 0 aromatic heterocycles. The van der Waals surface area contributed by atoms with Gasteiger partial charge in [-0.05, 0) is 42.6 Å². The first-order valence-electron chi connectivity index (χ1n) is 6.67. The van der Waals surface area contributed by atoms with E-state index in [-0.39, 0.29) is 0 Å². The number of thioether (sulfide) groups is 1. The second kappa shape index (κ2) is 6.30. The van der Waals surface area contributed by atoms with Gasteiger partial charge in [-0.2, -0.15) is 0 Å². The first kappa shape index (κ1) is 12.8. The van der Waals surface area contributed by atoms with Gasteiger partial charge in [-0.25, -0.2) is 0 Å². The number of allylic oxidation sites excluding steroid dienone is 2. The van der Waals surface area contributed by atoms with Crippen molar-refractivity contribution in [3.8, 4) is 0 Å². The van der Waals surface area contributed by atoms with E-state index < -0.39 is 0 Å². The molecule has 0 bridgehead atoms. The molecule has 1 aliphatic rings. The van der Waals surface area contributed by atoms with E-state index in [1.54, 1.807) is 10.5 Å². The van der Waals surface area contributed by atoms with E-state index in [0.717, 1.165) is 0 Å². The lowest BCUT2D eigenvalue weighted by Crippen LogP contribution is -2.03. The highest BCUT2D eigenvalue weighted by Crippen LogP contribution is 2.37. The molecule has 0 amide bonds. The number of hydrogen-bond donors (Lipinski definition) is 0. The molecule has 0 saturated heterocycles. The molecule has 0 unspecified atom stereocenters. The summed E-state index contributed by atoms with van der Waals surface area (Å²) in [5, 5.41) is 0.717. The fourth-order valence-corrected chi connectivity index (χ4v) is 3.30. The van der Waals surface area contributed by atoms with Gasteiger partial charge in [-0.15, -0.1) is 11.8 Å². The van der Waals surface area contributed by atoms with Crippen molar-refractivity contribution in [3.63, 3.8) is 0 Å². The van der Waals surface area contributed by atoms with Gasteiger partial charge >= 0.3 is 0 Å². The van der Waals surface area contributed by atoms with E-state index in [0.29, 0.717) is 5.25 Å². The summed E-state index contributed by atoms with van der Waals surface area (Å²) in [7, 11) is 0. The molecule has 1 aromatic carbocycles. The van der Waals surface area contributed by atoms with Crippen molar-refractivity contribution in [1.82, 2.24) is 0 Å². The molecule has 17 heavy (non-hydrogen) atoms. The SMILES string of the molecule is CC(C)SC(CCc1ccccc1)=C1CCC1. The van der Waals surface area contributed by atoms with Crippen LogP contribution in [0.3, 0.4) is 0 Å². The number of aryl methyl sites for hydroxylation is 1. The average molecular weight is 246 g/mol. The monoisotopic (exact) mass is 246 g/mol. The molecular formula is C16H22S. The molecule has 0 atom stereocenters. The van der Waals surface area contributed by atoms with Gasteiger partial charge in [0.1, 0.15) is 0 Å². The molecule has 1 saturated carbocycles. The molecule has 1 aliphatic carbocycles. The Balaban J connectivity index is 1.94. The highest BCUT2D eigenvalue weighted by molar-refractivity contribution is 8.03. The molecule has 2 rings (SSSR count). The summed E-state index contributed by atoms with van der Waals surface area (Å²) >= 11 is 2.08. The molecule has 0 radical (unpaired) electrons. The number of hydrogen-bond acceptors (Lipinski definition) is 1. The topological polar surface area (TPSA) is 0 Å². The standard InChI is InChI=1S/C16H22S/c1-13(2)17-16(15-9-6-10-15)12-11-14-7-4-3-5-8-14/h3-5,7-8,13H,6,9-12H2,1-2H3. The maximum Gasteiger partial charge on any atom is 0.00345 e. The number of rotatable bonds is 5. The van der Waals surface area contributed by atoms with Gasteiger partial charge in [0.15, 0.2) is 0 Å². The van der Waals surface area contributed by atoms with E-state index in [1.165, 1.54) is 37.7 Å². The van der Waals surface area contributed by atoms with Crippen molar-refractivity contribution in [2.45, 2.75) is 51.2 Å². The Bertz CT molecular complexity index is 370. The first-order chi connectivity index (χ1) is 8.25. The molecule has 0 aliphatic heterocycles. The molecule has 0 N–H and O–H groups in total. The van der Waals surface area contributed by atoms with Crippen molar-refractivity contribution >= 4 is 11.8 Å². The summed E-state index contributed by atoms with van der Waals surface area (Å²) in [5.74, 6) is 0. The van der Waals surface area contributed by atoms with Crippen LogP contribution in [0.4, 0.5) is 0 Å². The van der Waals surface area contributed by atoms with Crippen molar-refractivity contribution in [1.29, 1.82) is 0 Å². The van der Waals surface area contributed by atoms with Crippen LogP contribution in [0.1, 0.15) is 45.1 Å². The predicted molar refractivity (Wildman–Crippen MR) is 78.4 cm³/mol. The third kappa shape index (κ3) is 3.92. The lowest BCUT2D eigenvalue weighted by atomic mass is 9.91. The Kier molecular flexibility index (Phi) is 4.73. The minimum Gasteiger partial charge on any atom is -0.128 e. The van der Waals surface area contributed by atoms with Gasteiger partial charge in [0.05, 0.1) is 0 Å². The Hall–Kier alpha value is -0.690. The molecule has 92 valence electrons. The van der Waals surface area contributed by atoms with Gasteiger partial charge < -0.3 is 0 Å². The quantitative estimate of drug-likeness (QED) is 0.688. The van der Waals surface area contributed by atoms with Gasteiger partial charge in [-0.1, -0.05) is 49.8 Å². The second-order valence-electron chi connectivity index (χ2n) is 5.03. The molecular weight excluding hydrogens is 224 g/mol. The average Bonchev–Trinajstić information content (AvgIpc) is 2.24. The van der Waals surface area contributed by atoms with Crippen LogP contribution in [-0.2, 0) is 6.42 Å². The fourth-order valence-electron chi connectivity index (χ4n) is 2.14. The van der Waals surface area contributed by atoms with E-state index in [9.17, 15) is 0 Å². The van der Waals surface area contributed by atoms with E-state index >= 15 is 0 Å². The largest absolute Gasteiger partial charge is 0.128 e. The van der Waals surface area contributed by atoms with Crippen molar-refractivity contribution < 1.29 is 0 Å². The summed E-state index contributed by atoms with van der Waals surface area (Å²) in [6.45, 7) is 4.60. The molecule has 1 heteroatoms. The lowest BCUT2D eigenvalue weighted by Gasteiger charge is -2.23. The van der Waals surface area contributed by atoms with Crippen LogP contribution >= 0.6 is 11.8 Å². The van der Waals surface area contributed by atoms with Crippen LogP contribution in [0.2, 0.25) is 0 Å². The fraction of sp³-hybridized carbons (Fsp3) is 0.500. The van der Waals surface area contributed by atoms with Crippen molar-refractivity contribution in [3.05, 3.63) is 46.4 Å². The first-order valence-corrected chi connectivity index (χ1v) is 7.55. The van der Waals surface area contributed by atoms with Crippen LogP contribution in [-0.4, -0.2) is 5.25 Å². The number of benzene rings is 1. The van der Waals surface area contributed by atoms with Gasteiger partial charge in [0.25, 0.3) is 0 Å². The minimum atomic E-state index is 0.717. The summed E-state index contributed by atoms with van der Waals surface area (Å²) in [5.41, 5.74) is 3.20. The maximum atomic E-state index is 2.30. The van der Waals surface area contributed by atoms with Gasteiger partial charge in [-0.3, -0.25) is 0 Å². The predicted octanol–water partition coefficient (Wildman–Crippen LogP) is 5.20. The van der Waals surface area contributed by atoms with Crippen molar-refractivity contribution in [2.75, 3.05) is 0 Å². The zero-order valence-electron chi connectivity index (χ0n) is 10.9. The highest BCUT2D eigenvalue weighted by Gasteiger charge is 2.15. The maximum absolute atomic E-state index is 2.30. The van der Waals surface area contributed by atoms with Crippen LogP contribution < -0.4 is 0 Å². The Labute approximate surface area is 110 Å². The summed E-state index contributed by atoms with van der Waals surface area (Å²) in [6, 6.07) is 10.9. The zero-order valence-corrected chi connectivity index (χ0v) is 11.7. The van der Waals surface area contributed by atoms with Crippen LogP contribution in [0.15, 0.2) is 40.8 Å². The van der Waals surface area contributed by atoms with Gasteiger partial charge in [0, 0.05) is 5.25 Å². The van der Waals surface area contributed by atoms with Gasteiger partial charge in [0.2, 0.25) is 0 Å². The third-order valence-corrected chi connectivity index (χ3v) is 4.46. The van der Waals surface area contributed by atoms with E-state index in [2.05, 4.69) is 55.9 Å². The summed E-state index contributed by atoms with van der Waals surface area (Å²) in [6.07, 6.45) is 6.54. The molecule has 1 aromatic rings. The normalized spacial score (nSPS) is 14.9. The Morgan fingerprint density at radius 1 is 1.18 bits per heavy atom. The zero-order chi connectivity index (χ0) is 12.1. The second-order valence-corrected chi connectivity index (χ2v) is 6.70. The summed E-state index contributed by atoms with van der Waals surface area (Å²) < 4.78 is 0. The highest BCUT2D eigenvalue weighted by atomic mass is 32.2. The van der Waals surface area contributed by atoms with Crippen molar-refractivity contribution in [2.24, 2.45) is 0 Å². The van der Waals surface area contributed by atoms with Crippen LogP contribution in [0.25, 0.3) is 0 Å². The molecule has 0 nitrogen and oxygen atoms in total. The van der Waals surface area contributed by atoms with E-state index in [4.69, 9.17) is 0 Å². The molecule has 1 fully saturated rings. The van der Waals surface area contributed by atoms with Crippen LogP contribution in [0.5, 0.6) is 0 Å². The minimum absolute atomic E-state index is 0.717. The van der Waals surface area contributed by atoms with E-state index in [1.807, 2.05) is 0 Å². The Morgan fingerprint density at radius 2 is 1.88 bits per heavy atom.